The van der Waals surface area contributed by atoms with Gasteiger partial charge in [-0.3, -0.25) is 4.79 Å². The molecule has 27 heavy (non-hydrogen) atoms. The molecule has 4 nitrogen and oxygen atoms in total. The number of nitrogens with one attached hydrogen (secondary N) is 1. The van der Waals surface area contributed by atoms with Crippen LogP contribution in [0.2, 0.25) is 0 Å². The number of likely N-dealkylation sites (tertiary alicyclic amines) is 1. The fraction of sp³-hybridized carbons (Fsp3) is 0.409. The van der Waals surface area contributed by atoms with Gasteiger partial charge >= 0.3 is 0 Å². The second-order valence-electron chi connectivity index (χ2n) is 7.63. The molecule has 5 heteroatoms. The second kappa shape index (κ2) is 8.36. The summed E-state index contributed by atoms with van der Waals surface area (Å²) in [6.07, 6.45) is 5.39. The number of nitrogens with zero attached hydrogens (tertiary/aromatic N) is 1. The van der Waals surface area contributed by atoms with Crippen LogP contribution in [0.5, 0.6) is 0 Å². The maximum absolute atomic E-state index is 12.4. The highest BCUT2D eigenvalue weighted by Gasteiger charge is 2.27. The highest BCUT2D eigenvalue weighted by Crippen LogP contribution is 2.34. The monoisotopic (exact) mass is 381 g/mol. The Kier molecular flexibility index (Phi) is 5.69. The van der Waals surface area contributed by atoms with Gasteiger partial charge < -0.3 is 16.0 Å². The third-order valence-electron chi connectivity index (χ3n) is 5.38. The van der Waals surface area contributed by atoms with Crippen LogP contribution in [0.4, 0.5) is 11.4 Å². The fourth-order valence-corrected chi connectivity index (χ4v) is 4.68. The Morgan fingerprint density at radius 2 is 1.74 bits per heavy atom. The smallest absolute Gasteiger partial charge is 0.255 e. The Labute approximate surface area is 165 Å². The molecule has 2 aromatic rings. The molecule has 3 N–H and O–H groups in total. The molecule has 0 aromatic heterocycles. The maximum Gasteiger partial charge on any atom is 0.255 e. The van der Waals surface area contributed by atoms with E-state index in [0.717, 1.165) is 5.92 Å². The summed E-state index contributed by atoms with van der Waals surface area (Å²) in [7, 11) is 0. The van der Waals surface area contributed by atoms with E-state index in [-0.39, 0.29) is 5.91 Å². The van der Waals surface area contributed by atoms with Crippen molar-refractivity contribution in [3.63, 3.8) is 0 Å². The van der Waals surface area contributed by atoms with Gasteiger partial charge in [0.1, 0.15) is 0 Å². The van der Waals surface area contributed by atoms with Gasteiger partial charge in [-0.05, 0) is 81.1 Å². The van der Waals surface area contributed by atoms with Crippen molar-refractivity contribution in [3.05, 3.63) is 54.1 Å². The number of benzene rings is 2. The molecule has 1 aliphatic heterocycles. The quantitative estimate of drug-likeness (QED) is 0.724. The fourth-order valence-electron chi connectivity index (χ4n) is 3.56. The van der Waals surface area contributed by atoms with Crippen molar-refractivity contribution < 1.29 is 4.79 Å². The zero-order valence-corrected chi connectivity index (χ0v) is 16.4. The lowest BCUT2D eigenvalue weighted by atomic mass is 10.1. The van der Waals surface area contributed by atoms with E-state index in [1.165, 1.54) is 50.2 Å². The zero-order valence-electron chi connectivity index (χ0n) is 15.6. The average molecular weight is 382 g/mol. The maximum atomic E-state index is 12.4. The standard InChI is InChI=1S/C22H27N3OS/c23-20-3-1-2-4-21(20)24-22(26)17-7-9-18(10-8-17)27-19-11-13-25(14-12-19)15-16-5-6-16/h1-4,7-10,16,19H,5-6,11-15,23H2,(H,24,26). The Morgan fingerprint density at radius 1 is 1.04 bits per heavy atom. The van der Waals surface area contributed by atoms with E-state index in [0.29, 0.717) is 22.2 Å². The van der Waals surface area contributed by atoms with E-state index in [1.54, 1.807) is 6.07 Å². The van der Waals surface area contributed by atoms with Crippen LogP contribution in [0.25, 0.3) is 0 Å². The highest BCUT2D eigenvalue weighted by atomic mass is 32.2. The van der Waals surface area contributed by atoms with Gasteiger partial charge in [-0.25, -0.2) is 0 Å². The number of nitrogens with two attached hydrogens (primary N) is 1. The number of carbonyl (C=O) groups excluding carboxylic acids is 1. The summed E-state index contributed by atoms with van der Waals surface area (Å²) in [5.74, 6) is 0.858. The molecule has 2 fully saturated rings. The average Bonchev–Trinajstić information content (AvgIpc) is 3.50. The van der Waals surface area contributed by atoms with Crippen molar-refractivity contribution in [1.29, 1.82) is 0 Å². The lowest BCUT2D eigenvalue weighted by Gasteiger charge is -2.31. The van der Waals surface area contributed by atoms with Crippen LogP contribution in [0.1, 0.15) is 36.0 Å². The first-order valence-corrected chi connectivity index (χ1v) is 10.7. The van der Waals surface area contributed by atoms with Gasteiger partial charge in [0.15, 0.2) is 0 Å². The minimum atomic E-state index is -0.127. The van der Waals surface area contributed by atoms with Crippen molar-refractivity contribution in [1.82, 2.24) is 4.90 Å². The van der Waals surface area contributed by atoms with Crippen molar-refractivity contribution in [2.45, 2.75) is 35.8 Å². The van der Waals surface area contributed by atoms with Crippen LogP contribution in [0.3, 0.4) is 0 Å². The predicted molar refractivity (Wildman–Crippen MR) is 113 cm³/mol. The summed E-state index contributed by atoms with van der Waals surface area (Å²) < 4.78 is 0. The number of amides is 1. The molecule has 1 saturated carbocycles. The Balaban J connectivity index is 1.28. The van der Waals surface area contributed by atoms with Crippen LogP contribution < -0.4 is 11.1 Å². The number of piperidine rings is 1. The number of hydrogen-bond donors (Lipinski definition) is 2. The van der Waals surface area contributed by atoms with Crippen LogP contribution in [-0.4, -0.2) is 35.7 Å². The molecule has 0 radical (unpaired) electrons. The minimum absolute atomic E-state index is 0.127. The number of para-hydroxylation sites is 2. The van der Waals surface area contributed by atoms with E-state index in [2.05, 4.69) is 22.3 Å². The van der Waals surface area contributed by atoms with Crippen molar-refractivity contribution in [2.75, 3.05) is 30.7 Å². The molecule has 2 aliphatic rings. The molecule has 142 valence electrons. The minimum Gasteiger partial charge on any atom is -0.397 e. The van der Waals surface area contributed by atoms with Crippen LogP contribution in [-0.2, 0) is 0 Å². The Morgan fingerprint density at radius 3 is 2.41 bits per heavy atom. The van der Waals surface area contributed by atoms with Crippen LogP contribution in [0, 0.1) is 5.92 Å². The van der Waals surface area contributed by atoms with Gasteiger partial charge in [-0.1, -0.05) is 12.1 Å². The first-order chi connectivity index (χ1) is 13.2. The van der Waals surface area contributed by atoms with E-state index < -0.39 is 0 Å². The number of hydrogen-bond acceptors (Lipinski definition) is 4. The van der Waals surface area contributed by atoms with Gasteiger partial charge in [0.2, 0.25) is 0 Å². The van der Waals surface area contributed by atoms with Crippen molar-refractivity contribution >= 4 is 29.0 Å². The van der Waals surface area contributed by atoms with Gasteiger partial charge in [-0.2, -0.15) is 0 Å². The first-order valence-electron chi connectivity index (χ1n) is 9.82. The van der Waals surface area contributed by atoms with Gasteiger partial charge in [0.05, 0.1) is 11.4 Å². The first kappa shape index (κ1) is 18.4. The number of thioether (sulfide) groups is 1. The summed E-state index contributed by atoms with van der Waals surface area (Å²) in [4.78, 5) is 16.3. The number of nitrogen functional groups attached to an aromatic ring is 1. The molecule has 0 unspecified atom stereocenters. The number of carbonyl (C=O) groups is 1. The molecule has 0 spiro atoms. The van der Waals surface area contributed by atoms with E-state index in [9.17, 15) is 4.79 Å². The van der Waals surface area contributed by atoms with Crippen molar-refractivity contribution in [3.8, 4) is 0 Å². The summed E-state index contributed by atoms with van der Waals surface area (Å²) in [5.41, 5.74) is 7.77. The van der Waals surface area contributed by atoms with E-state index in [1.807, 2.05) is 42.1 Å². The lowest BCUT2D eigenvalue weighted by molar-refractivity contribution is 0.102. The molecule has 1 saturated heterocycles. The predicted octanol–water partition coefficient (Wildman–Crippen LogP) is 4.49. The summed E-state index contributed by atoms with van der Waals surface area (Å²) in [5, 5.41) is 3.56. The highest BCUT2D eigenvalue weighted by molar-refractivity contribution is 8.00. The second-order valence-corrected chi connectivity index (χ2v) is 9.00. The third-order valence-corrected chi connectivity index (χ3v) is 6.73. The molecule has 0 atom stereocenters. The summed E-state index contributed by atoms with van der Waals surface area (Å²) in [6, 6.07) is 15.2. The molecule has 1 aliphatic carbocycles. The third kappa shape index (κ3) is 5.05. The molecule has 2 aromatic carbocycles. The summed E-state index contributed by atoms with van der Waals surface area (Å²) >= 11 is 1.95. The Bertz CT molecular complexity index is 780. The number of rotatable bonds is 6. The topological polar surface area (TPSA) is 58.4 Å². The molecular formula is C22H27N3OS. The van der Waals surface area contributed by atoms with Gasteiger partial charge in [-0.15, -0.1) is 11.8 Å². The molecule has 1 heterocycles. The molecular weight excluding hydrogens is 354 g/mol. The van der Waals surface area contributed by atoms with Gasteiger partial charge in [0.25, 0.3) is 5.91 Å². The number of anilines is 2. The van der Waals surface area contributed by atoms with Crippen LogP contribution >= 0.6 is 11.8 Å². The van der Waals surface area contributed by atoms with Gasteiger partial charge in [0, 0.05) is 22.3 Å². The zero-order chi connectivity index (χ0) is 18.6. The van der Waals surface area contributed by atoms with Crippen molar-refractivity contribution in [2.24, 2.45) is 5.92 Å². The Hall–Kier alpha value is -1.98. The molecule has 0 bridgehead atoms. The normalized spacial score (nSPS) is 18.4. The van der Waals surface area contributed by atoms with Crippen LogP contribution in [0.15, 0.2) is 53.4 Å². The summed E-state index contributed by atoms with van der Waals surface area (Å²) in [6.45, 7) is 3.77. The molecule has 4 rings (SSSR count). The lowest BCUT2D eigenvalue weighted by Crippen LogP contribution is -2.36. The van der Waals surface area contributed by atoms with E-state index >= 15 is 0 Å². The SMILES string of the molecule is Nc1ccccc1NC(=O)c1ccc(SC2CCN(CC3CC3)CC2)cc1. The largest absolute Gasteiger partial charge is 0.397 e. The van der Waals surface area contributed by atoms with E-state index in [4.69, 9.17) is 5.73 Å². The molecule has 1 amide bonds.